The van der Waals surface area contributed by atoms with Gasteiger partial charge >= 0.3 is 0 Å². The van der Waals surface area contributed by atoms with E-state index in [2.05, 4.69) is 5.32 Å². The summed E-state index contributed by atoms with van der Waals surface area (Å²) in [6.45, 7) is 0. The summed E-state index contributed by atoms with van der Waals surface area (Å²) in [6.07, 6.45) is 0.802. The molecule has 0 radical (unpaired) electrons. The van der Waals surface area contributed by atoms with E-state index in [1.54, 1.807) is 12.1 Å². The van der Waals surface area contributed by atoms with E-state index >= 15 is 0 Å². The molecule has 0 fully saturated rings. The van der Waals surface area contributed by atoms with E-state index < -0.39 is 0 Å². The molecule has 96 valence electrons. The molecular formula is C15H13NO2S. The van der Waals surface area contributed by atoms with Gasteiger partial charge in [0.05, 0.1) is 5.75 Å². The van der Waals surface area contributed by atoms with Gasteiger partial charge in [0, 0.05) is 16.1 Å². The van der Waals surface area contributed by atoms with Crippen molar-refractivity contribution in [2.24, 2.45) is 0 Å². The minimum absolute atomic E-state index is 0.0457. The van der Waals surface area contributed by atoms with Crippen LogP contribution in [0.3, 0.4) is 0 Å². The van der Waals surface area contributed by atoms with Crippen LogP contribution in [0.25, 0.3) is 0 Å². The van der Waals surface area contributed by atoms with Crippen LogP contribution in [-0.2, 0) is 4.79 Å². The van der Waals surface area contributed by atoms with Gasteiger partial charge in [0.1, 0.15) is 6.29 Å². The molecule has 0 saturated carbocycles. The van der Waals surface area contributed by atoms with E-state index in [1.165, 1.54) is 11.8 Å². The van der Waals surface area contributed by atoms with E-state index in [9.17, 15) is 9.59 Å². The number of para-hydroxylation sites is 1. The molecule has 0 spiro atoms. The number of hydrogen-bond donors (Lipinski definition) is 1. The maximum absolute atomic E-state index is 11.7. The topological polar surface area (TPSA) is 46.2 Å². The second kappa shape index (κ2) is 6.75. The summed E-state index contributed by atoms with van der Waals surface area (Å²) in [5.41, 5.74) is 1.43. The lowest BCUT2D eigenvalue weighted by atomic mass is 10.2. The first-order chi connectivity index (χ1) is 9.28. The fourth-order valence-electron chi connectivity index (χ4n) is 1.51. The van der Waals surface area contributed by atoms with E-state index in [0.717, 1.165) is 16.9 Å². The van der Waals surface area contributed by atoms with Crippen LogP contribution in [0.15, 0.2) is 59.5 Å². The van der Waals surface area contributed by atoms with Crippen LogP contribution in [0.5, 0.6) is 0 Å². The van der Waals surface area contributed by atoms with Gasteiger partial charge in [-0.25, -0.2) is 0 Å². The van der Waals surface area contributed by atoms with Crippen LogP contribution >= 0.6 is 11.8 Å². The van der Waals surface area contributed by atoms with E-state index in [1.807, 2.05) is 42.5 Å². The molecule has 0 aliphatic carbocycles. The van der Waals surface area contributed by atoms with Gasteiger partial charge in [-0.3, -0.25) is 9.59 Å². The Morgan fingerprint density at radius 2 is 1.74 bits per heavy atom. The molecule has 2 rings (SSSR count). The Kier molecular flexibility index (Phi) is 4.75. The molecule has 1 N–H and O–H groups in total. The predicted octanol–water partition coefficient (Wildman–Crippen LogP) is 3.23. The van der Waals surface area contributed by atoms with Gasteiger partial charge in [-0.2, -0.15) is 0 Å². The van der Waals surface area contributed by atoms with Gasteiger partial charge in [0.25, 0.3) is 0 Å². The number of carbonyl (C=O) groups is 2. The second-order valence-corrected chi connectivity index (χ2v) is 4.94. The lowest BCUT2D eigenvalue weighted by Crippen LogP contribution is -2.13. The highest BCUT2D eigenvalue weighted by Gasteiger charge is 2.03. The Hall–Kier alpha value is -2.07. The zero-order valence-electron chi connectivity index (χ0n) is 10.2. The number of anilines is 1. The van der Waals surface area contributed by atoms with Crippen molar-refractivity contribution in [2.75, 3.05) is 11.1 Å². The van der Waals surface area contributed by atoms with E-state index in [4.69, 9.17) is 0 Å². The lowest BCUT2D eigenvalue weighted by Gasteiger charge is -2.04. The smallest absolute Gasteiger partial charge is 0.234 e. The summed E-state index contributed by atoms with van der Waals surface area (Å²) in [6, 6.07) is 16.5. The number of benzene rings is 2. The highest BCUT2D eigenvalue weighted by Crippen LogP contribution is 2.18. The molecule has 0 aromatic heterocycles. The third-order valence-corrected chi connectivity index (χ3v) is 3.46. The third-order valence-electron chi connectivity index (χ3n) is 2.44. The van der Waals surface area contributed by atoms with Gasteiger partial charge in [0.2, 0.25) is 5.91 Å². The Labute approximate surface area is 116 Å². The van der Waals surface area contributed by atoms with Crippen LogP contribution in [0.4, 0.5) is 5.69 Å². The number of carbonyl (C=O) groups excluding carboxylic acids is 2. The van der Waals surface area contributed by atoms with Crippen LogP contribution in [0.2, 0.25) is 0 Å². The second-order valence-electron chi connectivity index (χ2n) is 3.89. The number of rotatable bonds is 5. The van der Waals surface area contributed by atoms with Crippen LogP contribution < -0.4 is 5.32 Å². The quantitative estimate of drug-likeness (QED) is 0.671. The van der Waals surface area contributed by atoms with Crippen molar-refractivity contribution in [3.63, 3.8) is 0 Å². The van der Waals surface area contributed by atoms with Crippen molar-refractivity contribution in [2.45, 2.75) is 4.90 Å². The van der Waals surface area contributed by atoms with Gasteiger partial charge in [-0.15, -0.1) is 11.8 Å². The fraction of sp³-hybridized carbons (Fsp3) is 0.0667. The van der Waals surface area contributed by atoms with Crippen molar-refractivity contribution in [1.82, 2.24) is 0 Å². The summed E-state index contributed by atoms with van der Waals surface area (Å²) in [4.78, 5) is 23.2. The van der Waals surface area contributed by atoms with Gasteiger partial charge < -0.3 is 5.32 Å². The van der Waals surface area contributed by atoms with Crippen LogP contribution in [0, 0.1) is 0 Å². The average molecular weight is 271 g/mol. The molecule has 0 aliphatic rings. The largest absolute Gasteiger partial charge is 0.325 e. The molecule has 3 nitrogen and oxygen atoms in total. The molecule has 0 aliphatic heterocycles. The molecular weight excluding hydrogens is 258 g/mol. The van der Waals surface area contributed by atoms with Crippen LogP contribution in [0.1, 0.15) is 10.4 Å². The molecule has 0 heterocycles. The summed E-state index contributed by atoms with van der Waals surface area (Å²) in [5.74, 6) is 0.297. The average Bonchev–Trinajstić information content (AvgIpc) is 2.47. The number of amides is 1. The number of hydrogen-bond acceptors (Lipinski definition) is 3. The summed E-state index contributed by atoms with van der Waals surface area (Å²) >= 11 is 1.44. The first kappa shape index (κ1) is 13.4. The van der Waals surface area contributed by atoms with Crippen molar-refractivity contribution >= 4 is 29.6 Å². The minimum Gasteiger partial charge on any atom is -0.325 e. The highest BCUT2D eigenvalue weighted by molar-refractivity contribution is 8.00. The van der Waals surface area contributed by atoms with Crippen molar-refractivity contribution in [3.05, 3.63) is 60.2 Å². The number of aldehydes is 1. The van der Waals surface area contributed by atoms with Crippen molar-refractivity contribution < 1.29 is 9.59 Å². The fourth-order valence-corrected chi connectivity index (χ4v) is 2.21. The van der Waals surface area contributed by atoms with E-state index in [-0.39, 0.29) is 5.91 Å². The Bertz CT molecular complexity index is 552. The highest BCUT2D eigenvalue weighted by atomic mass is 32.2. The SMILES string of the molecule is O=Cc1ccc(SCC(=O)Nc2ccccc2)cc1. The Balaban J connectivity index is 1.84. The molecule has 0 atom stereocenters. The van der Waals surface area contributed by atoms with E-state index in [0.29, 0.717) is 11.3 Å². The molecule has 2 aromatic rings. The molecule has 0 saturated heterocycles. The predicted molar refractivity (Wildman–Crippen MR) is 77.6 cm³/mol. The minimum atomic E-state index is -0.0457. The first-order valence-corrected chi connectivity index (χ1v) is 6.79. The molecule has 4 heteroatoms. The zero-order chi connectivity index (χ0) is 13.5. The first-order valence-electron chi connectivity index (χ1n) is 5.81. The lowest BCUT2D eigenvalue weighted by molar-refractivity contribution is -0.113. The summed E-state index contributed by atoms with van der Waals surface area (Å²) < 4.78 is 0. The maximum atomic E-state index is 11.7. The van der Waals surface area contributed by atoms with Crippen molar-refractivity contribution in [3.8, 4) is 0 Å². The number of nitrogens with one attached hydrogen (secondary N) is 1. The monoisotopic (exact) mass is 271 g/mol. The molecule has 0 bridgehead atoms. The summed E-state index contributed by atoms with van der Waals surface area (Å²) in [7, 11) is 0. The van der Waals surface area contributed by atoms with Gasteiger partial charge in [-0.1, -0.05) is 30.3 Å². The van der Waals surface area contributed by atoms with Gasteiger partial charge in [0.15, 0.2) is 0 Å². The third kappa shape index (κ3) is 4.26. The zero-order valence-corrected chi connectivity index (χ0v) is 11.0. The molecule has 0 unspecified atom stereocenters. The number of thioether (sulfide) groups is 1. The summed E-state index contributed by atoms with van der Waals surface area (Å²) in [5, 5.41) is 2.82. The Morgan fingerprint density at radius 3 is 2.37 bits per heavy atom. The van der Waals surface area contributed by atoms with Gasteiger partial charge in [-0.05, 0) is 24.3 Å². The molecule has 19 heavy (non-hydrogen) atoms. The maximum Gasteiger partial charge on any atom is 0.234 e. The normalized spacial score (nSPS) is 9.89. The van der Waals surface area contributed by atoms with Crippen molar-refractivity contribution in [1.29, 1.82) is 0 Å². The standard InChI is InChI=1S/C15H13NO2S/c17-10-12-6-8-14(9-7-12)19-11-15(18)16-13-4-2-1-3-5-13/h1-10H,11H2,(H,16,18). The molecule has 1 amide bonds. The Morgan fingerprint density at radius 1 is 1.05 bits per heavy atom. The molecule has 2 aromatic carbocycles. The van der Waals surface area contributed by atoms with Crippen LogP contribution in [-0.4, -0.2) is 17.9 Å².